The van der Waals surface area contributed by atoms with E-state index in [4.69, 9.17) is 5.26 Å². The first-order chi connectivity index (χ1) is 7.65. The smallest absolute Gasteiger partial charge is 0.124 e. The van der Waals surface area contributed by atoms with Crippen molar-refractivity contribution in [1.82, 2.24) is 5.32 Å². The maximum Gasteiger partial charge on any atom is 0.124 e. The van der Waals surface area contributed by atoms with Gasteiger partial charge in [-0.1, -0.05) is 6.08 Å². The van der Waals surface area contributed by atoms with Crippen LogP contribution in [0.15, 0.2) is 30.9 Å². The predicted octanol–water partition coefficient (Wildman–Crippen LogP) is 2.75. The summed E-state index contributed by atoms with van der Waals surface area (Å²) in [6, 6.07) is 6.60. The van der Waals surface area contributed by atoms with Crippen LogP contribution in [0.2, 0.25) is 0 Å². The summed E-state index contributed by atoms with van der Waals surface area (Å²) in [7, 11) is 0. The summed E-state index contributed by atoms with van der Waals surface area (Å²) in [5.41, 5.74) is 1.14. The summed E-state index contributed by atoms with van der Waals surface area (Å²) in [6.45, 7) is 6.24. The van der Waals surface area contributed by atoms with Crippen molar-refractivity contribution in [2.75, 3.05) is 0 Å². The number of nitriles is 1. The van der Waals surface area contributed by atoms with Crippen molar-refractivity contribution in [2.45, 2.75) is 25.9 Å². The molecule has 0 aromatic heterocycles. The van der Waals surface area contributed by atoms with Gasteiger partial charge in [0.25, 0.3) is 0 Å². The largest absolute Gasteiger partial charge is 0.310 e. The van der Waals surface area contributed by atoms with Gasteiger partial charge in [0.1, 0.15) is 5.82 Å². The zero-order chi connectivity index (χ0) is 12.0. The molecule has 1 N–H and O–H groups in total. The molecular weight excluding hydrogens is 203 g/mol. The number of rotatable bonds is 5. The number of benzene rings is 1. The monoisotopic (exact) mass is 218 g/mol. The number of nitrogens with zero attached hydrogens (tertiary/aromatic N) is 1. The first-order valence-corrected chi connectivity index (χ1v) is 5.19. The third-order valence-corrected chi connectivity index (χ3v) is 2.26. The van der Waals surface area contributed by atoms with Crippen LogP contribution < -0.4 is 5.32 Å². The number of hydrogen-bond donors (Lipinski definition) is 1. The van der Waals surface area contributed by atoms with Gasteiger partial charge in [-0.05, 0) is 37.1 Å². The number of nitrogens with one attached hydrogen (secondary N) is 1. The van der Waals surface area contributed by atoms with E-state index in [1.807, 2.05) is 19.1 Å². The maximum absolute atomic E-state index is 13.1. The molecular formula is C13H15FN2. The molecule has 0 aliphatic heterocycles. The van der Waals surface area contributed by atoms with Gasteiger partial charge in [0, 0.05) is 12.6 Å². The van der Waals surface area contributed by atoms with Gasteiger partial charge in [-0.2, -0.15) is 5.26 Å². The van der Waals surface area contributed by atoms with E-state index in [1.165, 1.54) is 12.1 Å². The summed E-state index contributed by atoms with van der Waals surface area (Å²) in [4.78, 5) is 0. The summed E-state index contributed by atoms with van der Waals surface area (Å²) >= 11 is 0. The van der Waals surface area contributed by atoms with E-state index in [0.717, 1.165) is 12.0 Å². The van der Waals surface area contributed by atoms with E-state index in [2.05, 4.69) is 11.9 Å². The van der Waals surface area contributed by atoms with Gasteiger partial charge in [0.15, 0.2) is 0 Å². The van der Waals surface area contributed by atoms with Crippen LogP contribution in [-0.2, 0) is 6.54 Å². The topological polar surface area (TPSA) is 35.8 Å². The van der Waals surface area contributed by atoms with E-state index in [9.17, 15) is 4.39 Å². The fraction of sp³-hybridized carbons (Fsp3) is 0.308. The summed E-state index contributed by atoms with van der Waals surface area (Å²) in [5.74, 6) is -0.368. The molecule has 1 unspecified atom stereocenters. The van der Waals surface area contributed by atoms with Crippen LogP contribution in [-0.4, -0.2) is 6.04 Å². The molecule has 0 spiro atoms. The van der Waals surface area contributed by atoms with Crippen LogP contribution in [0.3, 0.4) is 0 Å². The second-order valence-corrected chi connectivity index (χ2v) is 3.77. The molecule has 0 radical (unpaired) electrons. The Kier molecular flexibility index (Phi) is 4.68. The van der Waals surface area contributed by atoms with Gasteiger partial charge in [-0.15, -0.1) is 6.58 Å². The van der Waals surface area contributed by atoms with Crippen LogP contribution in [0.25, 0.3) is 0 Å². The van der Waals surface area contributed by atoms with Crippen molar-refractivity contribution in [3.8, 4) is 6.07 Å². The zero-order valence-electron chi connectivity index (χ0n) is 9.33. The molecule has 1 atom stereocenters. The van der Waals surface area contributed by atoms with Crippen LogP contribution in [0.5, 0.6) is 0 Å². The lowest BCUT2D eigenvalue weighted by molar-refractivity contribution is 0.550. The first kappa shape index (κ1) is 12.4. The van der Waals surface area contributed by atoms with Gasteiger partial charge in [-0.3, -0.25) is 0 Å². The lowest BCUT2D eigenvalue weighted by atomic mass is 10.1. The lowest BCUT2D eigenvalue weighted by Gasteiger charge is -2.11. The average Bonchev–Trinajstić information content (AvgIpc) is 2.26. The van der Waals surface area contributed by atoms with E-state index in [-0.39, 0.29) is 5.82 Å². The fourth-order valence-corrected chi connectivity index (χ4v) is 1.44. The summed E-state index contributed by atoms with van der Waals surface area (Å²) in [6.07, 6.45) is 2.70. The van der Waals surface area contributed by atoms with Gasteiger partial charge in [-0.25, -0.2) is 4.39 Å². The molecule has 2 nitrogen and oxygen atoms in total. The molecule has 0 aliphatic carbocycles. The minimum Gasteiger partial charge on any atom is -0.310 e. The van der Waals surface area contributed by atoms with Gasteiger partial charge in [0.2, 0.25) is 0 Å². The highest BCUT2D eigenvalue weighted by atomic mass is 19.1. The van der Waals surface area contributed by atoms with Crippen molar-refractivity contribution in [3.63, 3.8) is 0 Å². The van der Waals surface area contributed by atoms with Crippen molar-refractivity contribution >= 4 is 0 Å². The molecule has 0 heterocycles. The molecule has 0 amide bonds. The van der Waals surface area contributed by atoms with E-state index in [1.54, 1.807) is 6.07 Å². The molecule has 1 rings (SSSR count). The van der Waals surface area contributed by atoms with E-state index >= 15 is 0 Å². The predicted molar refractivity (Wildman–Crippen MR) is 62.2 cm³/mol. The van der Waals surface area contributed by atoms with Crippen LogP contribution in [0, 0.1) is 17.1 Å². The van der Waals surface area contributed by atoms with Crippen LogP contribution >= 0.6 is 0 Å². The van der Waals surface area contributed by atoms with Gasteiger partial charge >= 0.3 is 0 Å². The Morgan fingerprint density at radius 1 is 1.56 bits per heavy atom. The highest BCUT2D eigenvalue weighted by molar-refractivity contribution is 5.33. The molecule has 0 aliphatic rings. The SMILES string of the molecule is C=CCC(C)NCc1cc(F)cc(C#N)c1. The van der Waals surface area contributed by atoms with Gasteiger partial charge in [0.05, 0.1) is 11.6 Å². The zero-order valence-corrected chi connectivity index (χ0v) is 9.33. The molecule has 3 heteroatoms. The van der Waals surface area contributed by atoms with Crippen LogP contribution in [0.1, 0.15) is 24.5 Å². The third-order valence-electron chi connectivity index (χ3n) is 2.26. The average molecular weight is 218 g/mol. The molecule has 0 bridgehead atoms. The molecule has 0 saturated heterocycles. The van der Waals surface area contributed by atoms with Crippen molar-refractivity contribution < 1.29 is 4.39 Å². The van der Waals surface area contributed by atoms with Gasteiger partial charge < -0.3 is 5.32 Å². The van der Waals surface area contributed by atoms with Crippen LogP contribution in [0.4, 0.5) is 4.39 Å². The molecule has 0 fully saturated rings. The second kappa shape index (κ2) is 6.04. The Hall–Kier alpha value is -1.66. The highest BCUT2D eigenvalue weighted by Crippen LogP contribution is 2.08. The molecule has 0 saturated carbocycles. The lowest BCUT2D eigenvalue weighted by Crippen LogP contribution is -2.24. The van der Waals surface area contributed by atoms with E-state index < -0.39 is 0 Å². The Labute approximate surface area is 95.4 Å². The minimum absolute atomic E-state index is 0.298. The Morgan fingerprint density at radius 2 is 2.31 bits per heavy atom. The quantitative estimate of drug-likeness (QED) is 0.771. The van der Waals surface area contributed by atoms with E-state index in [0.29, 0.717) is 18.2 Å². The molecule has 1 aromatic rings. The molecule has 84 valence electrons. The first-order valence-electron chi connectivity index (χ1n) is 5.19. The minimum atomic E-state index is -0.368. The summed E-state index contributed by atoms with van der Waals surface area (Å²) < 4.78 is 13.1. The highest BCUT2D eigenvalue weighted by Gasteiger charge is 2.02. The molecule has 1 aromatic carbocycles. The third kappa shape index (κ3) is 3.84. The number of halogens is 1. The fourth-order valence-electron chi connectivity index (χ4n) is 1.44. The normalized spacial score (nSPS) is 11.8. The Bertz CT molecular complexity index is 407. The second-order valence-electron chi connectivity index (χ2n) is 3.77. The Balaban J connectivity index is 2.64. The van der Waals surface area contributed by atoms with Crippen molar-refractivity contribution in [2.24, 2.45) is 0 Å². The van der Waals surface area contributed by atoms with Crippen molar-refractivity contribution in [3.05, 3.63) is 47.8 Å². The number of hydrogen-bond acceptors (Lipinski definition) is 2. The van der Waals surface area contributed by atoms with Crippen molar-refractivity contribution in [1.29, 1.82) is 5.26 Å². The Morgan fingerprint density at radius 3 is 2.94 bits per heavy atom. The standard InChI is InChI=1S/C13H15FN2/c1-3-4-10(2)16-9-12-5-11(8-15)6-13(14)7-12/h3,5-7,10,16H,1,4,9H2,2H3. The maximum atomic E-state index is 13.1. The summed E-state index contributed by atoms with van der Waals surface area (Å²) in [5, 5.41) is 11.9. The molecule has 16 heavy (non-hydrogen) atoms.